The summed E-state index contributed by atoms with van der Waals surface area (Å²) in [6.07, 6.45) is 2.54. The van der Waals surface area contributed by atoms with Crippen molar-refractivity contribution in [2.75, 3.05) is 25.9 Å². The molecule has 4 N–H and O–H groups in total. The maximum atomic E-state index is 9.41. The topological polar surface area (TPSA) is 104 Å². The predicted octanol–water partition coefficient (Wildman–Crippen LogP) is 1.83. The molecule has 7 nitrogen and oxygen atoms in total. The Bertz CT molecular complexity index is 741. The van der Waals surface area contributed by atoms with E-state index in [1.54, 1.807) is 11.7 Å². The summed E-state index contributed by atoms with van der Waals surface area (Å²) in [6.45, 7) is 3.74. The number of hydrogen-bond acceptors (Lipinski definition) is 4. The van der Waals surface area contributed by atoms with Crippen LogP contribution in [0, 0.1) is 11.3 Å². The number of nitrogens with one attached hydrogen (secondary N) is 2. The van der Waals surface area contributed by atoms with Crippen LogP contribution in [0.2, 0.25) is 0 Å². The minimum absolute atomic E-state index is 0.386. The number of para-hydroxylation sites is 1. The first kappa shape index (κ1) is 18.3. The Balaban J connectivity index is 2.00. The van der Waals surface area contributed by atoms with Gasteiger partial charge in [0.15, 0.2) is 5.96 Å². The molecule has 1 aromatic carbocycles. The van der Waals surface area contributed by atoms with Crippen molar-refractivity contribution in [1.82, 2.24) is 20.4 Å². The third kappa shape index (κ3) is 4.73. The van der Waals surface area contributed by atoms with Gasteiger partial charge < -0.3 is 16.4 Å². The van der Waals surface area contributed by atoms with Gasteiger partial charge in [-0.3, -0.25) is 4.99 Å². The number of aryl methyl sites for hydroxylation is 1. The van der Waals surface area contributed by atoms with Crippen molar-refractivity contribution in [3.05, 3.63) is 41.6 Å². The van der Waals surface area contributed by atoms with Crippen LogP contribution >= 0.6 is 0 Å². The number of benzene rings is 1. The number of guanidine groups is 1. The van der Waals surface area contributed by atoms with Gasteiger partial charge in [0.05, 0.1) is 11.4 Å². The van der Waals surface area contributed by atoms with E-state index in [1.807, 2.05) is 30.3 Å². The minimum Gasteiger partial charge on any atom is -0.382 e. The first-order valence-electron chi connectivity index (χ1n) is 8.48. The van der Waals surface area contributed by atoms with Crippen molar-refractivity contribution >= 4 is 11.8 Å². The molecule has 132 valence electrons. The van der Waals surface area contributed by atoms with E-state index in [4.69, 9.17) is 5.73 Å². The number of rotatable bonds is 7. The number of hydrogen-bond donors (Lipinski definition) is 3. The van der Waals surface area contributed by atoms with Gasteiger partial charge in [0.25, 0.3) is 0 Å². The Labute approximate surface area is 148 Å². The maximum Gasteiger partial charge on any atom is 0.190 e. The molecule has 1 aromatic heterocycles. The molecule has 0 fully saturated rings. The highest BCUT2D eigenvalue weighted by Gasteiger charge is 2.16. The van der Waals surface area contributed by atoms with Crippen LogP contribution in [-0.2, 0) is 6.42 Å². The third-order valence-corrected chi connectivity index (χ3v) is 3.76. The van der Waals surface area contributed by atoms with Crippen LogP contribution in [0.15, 0.2) is 35.3 Å². The van der Waals surface area contributed by atoms with Crippen LogP contribution < -0.4 is 16.4 Å². The molecule has 2 rings (SSSR count). The molecule has 0 radical (unpaired) electrons. The number of nitrogens with two attached hydrogens (primary N) is 1. The van der Waals surface area contributed by atoms with Gasteiger partial charge in [-0.25, -0.2) is 4.68 Å². The second-order valence-electron chi connectivity index (χ2n) is 5.60. The van der Waals surface area contributed by atoms with Gasteiger partial charge in [-0.1, -0.05) is 25.1 Å². The fraction of sp³-hybridized carbons (Fsp3) is 0.389. The molecule has 0 bridgehead atoms. The summed E-state index contributed by atoms with van der Waals surface area (Å²) >= 11 is 0. The summed E-state index contributed by atoms with van der Waals surface area (Å²) in [4.78, 5) is 4.16. The number of nitriles is 1. The van der Waals surface area contributed by atoms with E-state index in [1.165, 1.54) is 0 Å². The summed E-state index contributed by atoms with van der Waals surface area (Å²) in [5, 5.41) is 20.4. The zero-order valence-electron chi connectivity index (χ0n) is 14.8. The standard InChI is InChI=1S/C18H25N7/c1-3-11-22-18(21-2)23-12-7-10-16-15(13-19)17(20)25(24-16)14-8-5-4-6-9-14/h4-6,8-9H,3,7,10-12,20H2,1-2H3,(H2,21,22,23). The molecule has 0 saturated carbocycles. The second kappa shape index (κ2) is 9.33. The quantitative estimate of drug-likeness (QED) is 0.406. The van der Waals surface area contributed by atoms with Gasteiger partial charge in [0.1, 0.15) is 17.5 Å². The zero-order valence-corrected chi connectivity index (χ0v) is 14.8. The SMILES string of the molecule is CCCNC(=NC)NCCCc1nn(-c2ccccc2)c(N)c1C#N. The first-order chi connectivity index (χ1) is 12.2. The lowest BCUT2D eigenvalue weighted by Gasteiger charge is -2.10. The Morgan fingerprint density at radius 3 is 2.64 bits per heavy atom. The molecule has 1 heterocycles. The van der Waals surface area contributed by atoms with Crippen molar-refractivity contribution in [2.45, 2.75) is 26.2 Å². The van der Waals surface area contributed by atoms with Gasteiger partial charge in [0.2, 0.25) is 0 Å². The van der Waals surface area contributed by atoms with Crippen molar-refractivity contribution in [1.29, 1.82) is 5.26 Å². The van der Waals surface area contributed by atoms with Gasteiger partial charge in [-0.2, -0.15) is 10.4 Å². The van der Waals surface area contributed by atoms with Gasteiger partial charge in [0, 0.05) is 20.1 Å². The largest absolute Gasteiger partial charge is 0.382 e. The van der Waals surface area contributed by atoms with Crippen molar-refractivity contribution in [3.63, 3.8) is 0 Å². The minimum atomic E-state index is 0.386. The molecule has 0 aliphatic heterocycles. The molecular weight excluding hydrogens is 314 g/mol. The Kier molecular flexibility index (Phi) is 6.84. The number of nitrogens with zero attached hydrogens (tertiary/aromatic N) is 4. The number of aliphatic imine (C=N–C) groups is 1. The Hall–Kier alpha value is -3.01. The van der Waals surface area contributed by atoms with E-state index >= 15 is 0 Å². The second-order valence-corrected chi connectivity index (χ2v) is 5.60. The first-order valence-corrected chi connectivity index (χ1v) is 8.48. The fourth-order valence-corrected chi connectivity index (χ4v) is 2.47. The highest BCUT2D eigenvalue weighted by Crippen LogP contribution is 2.21. The molecule has 7 heteroatoms. The van der Waals surface area contributed by atoms with Crippen LogP contribution in [0.1, 0.15) is 31.0 Å². The van der Waals surface area contributed by atoms with Crippen LogP contribution in [0.5, 0.6) is 0 Å². The Morgan fingerprint density at radius 2 is 2.00 bits per heavy atom. The smallest absolute Gasteiger partial charge is 0.190 e. The van der Waals surface area contributed by atoms with Gasteiger partial charge in [-0.15, -0.1) is 0 Å². The van der Waals surface area contributed by atoms with Crippen LogP contribution in [0.3, 0.4) is 0 Å². The average molecular weight is 339 g/mol. The van der Waals surface area contributed by atoms with E-state index < -0.39 is 0 Å². The lowest BCUT2D eigenvalue weighted by atomic mass is 10.1. The monoisotopic (exact) mass is 339 g/mol. The lowest BCUT2D eigenvalue weighted by molar-refractivity contribution is 0.718. The van der Waals surface area contributed by atoms with E-state index in [2.05, 4.69) is 33.7 Å². The van der Waals surface area contributed by atoms with E-state index in [0.717, 1.165) is 43.3 Å². The van der Waals surface area contributed by atoms with Crippen molar-refractivity contribution < 1.29 is 0 Å². The number of nitrogen functional groups attached to an aromatic ring is 1. The molecule has 0 amide bonds. The zero-order chi connectivity index (χ0) is 18.1. The van der Waals surface area contributed by atoms with Crippen molar-refractivity contribution in [2.24, 2.45) is 4.99 Å². The van der Waals surface area contributed by atoms with Gasteiger partial charge in [-0.05, 0) is 31.4 Å². The summed E-state index contributed by atoms with van der Waals surface area (Å²) in [5.41, 5.74) is 8.14. The summed E-state index contributed by atoms with van der Waals surface area (Å²) in [7, 11) is 1.75. The lowest BCUT2D eigenvalue weighted by Crippen LogP contribution is -2.38. The molecule has 0 spiro atoms. The molecule has 0 unspecified atom stereocenters. The molecule has 0 atom stereocenters. The normalized spacial score (nSPS) is 11.2. The van der Waals surface area contributed by atoms with Crippen molar-refractivity contribution in [3.8, 4) is 11.8 Å². The molecule has 2 aromatic rings. The van der Waals surface area contributed by atoms with E-state index in [-0.39, 0.29) is 0 Å². The maximum absolute atomic E-state index is 9.41. The van der Waals surface area contributed by atoms with Crippen LogP contribution in [0.4, 0.5) is 5.82 Å². The summed E-state index contributed by atoms with van der Waals surface area (Å²) in [5.74, 6) is 1.17. The fourth-order valence-electron chi connectivity index (χ4n) is 2.47. The van der Waals surface area contributed by atoms with Crippen LogP contribution in [0.25, 0.3) is 5.69 Å². The van der Waals surface area contributed by atoms with Gasteiger partial charge >= 0.3 is 0 Å². The Morgan fingerprint density at radius 1 is 1.28 bits per heavy atom. The number of anilines is 1. The highest BCUT2D eigenvalue weighted by atomic mass is 15.3. The van der Waals surface area contributed by atoms with E-state index in [9.17, 15) is 5.26 Å². The molecule has 0 aliphatic carbocycles. The van der Waals surface area contributed by atoms with E-state index in [0.29, 0.717) is 17.8 Å². The molecule has 25 heavy (non-hydrogen) atoms. The third-order valence-electron chi connectivity index (χ3n) is 3.76. The summed E-state index contributed by atoms with van der Waals surface area (Å²) < 4.78 is 1.63. The van der Waals surface area contributed by atoms with Crippen LogP contribution in [-0.4, -0.2) is 35.9 Å². The molecule has 0 saturated heterocycles. The highest BCUT2D eigenvalue weighted by molar-refractivity contribution is 5.79. The number of aromatic nitrogens is 2. The predicted molar refractivity (Wildman–Crippen MR) is 101 cm³/mol. The molecular formula is C18H25N7. The summed E-state index contributed by atoms with van der Waals surface area (Å²) in [6, 6.07) is 11.8. The average Bonchev–Trinajstić information content (AvgIpc) is 2.97. The molecule has 0 aliphatic rings.